The predicted octanol–water partition coefficient (Wildman–Crippen LogP) is 2.51. The van der Waals surface area contributed by atoms with Gasteiger partial charge in [-0.1, -0.05) is 26.2 Å². The average molecular weight is 288 g/mol. The van der Waals surface area contributed by atoms with Gasteiger partial charge in [-0.15, -0.1) is 11.8 Å². The smallest absolute Gasteiger partial charge is 0.327 e. The van der Waals surface area contributed by atoms with E-state index in [1.54, 1.807) is 0 Å². The molecule has 3 atom stereocenters. The van der Waals surface area contributed by atoms with Gasteiger partial charge in [0.25, 0.3) is 0 Å². The van der Waals surface area contributed by atoms with Gasteiger partial charge < -0.3 is 10.4 Å². The van der Waals surface area contributed by atoms with Gasteiger partial charge in [0.05, 0.1) is 5.37 Å². The highest BCUT2D eigenvalue weighted by atomic mass is 32.2. The number of rotatable bonds is 6. The molecule has 110 valence electrons. The van der Waals surface area contributed by atoms with Crippen LogP contribution in [0.25, 0.3) is 0 Å². The van der Waals surface area contributed by atoms with E-state index in [1.807, 2.05) is 13.8 Å². The van der Waals surface area contributed by atoms with Crippen LogP contribution in [0.5, 0.6) is 0 Å². The number of nitrogens with one attached hydrogen (secondary N) is 1. The van der Waals surface area contributed by atoms with Crippen molar-refractivity contribution in [3.05, 3.63) is 0 Å². The van der Waals surface area contributed by atoms with Crippen LogP contribution >= 0.6 is 11.8 Å². The van der Waals surface area contributed by atoms with Crippen LogP contribution in [0.1, 0.15) is 46.5 Å². The molecule has 19 heavy (non-hydrogen) atoms. The second-order valence-electron chi connectivity index (χ2n) is 5.04. The van der Waals surface area contributed by atoms with E-state index in [2.05, 4.69) is 12.2 Å². The largest absolute Gasteiger partial charge is 0.480 e. The number of unbranched alkanes of at least 4 members (excludes halogenated alkanes) is 2. The van der Waals surface area contributed by atoms with Crippen LogP contribution in [0.3, 0.4) is 0 Å². The SMILES string of the molecule is CCCCCC(C)NC(=O)N1C(C)SCC1C(=O)O. The Bertz CT molecular complexity index is 325. The van der Waals surface area contributed by atoms with Crippen molar-refractivity contribution in [2.24, 2.45) is 0 Å². The molecule has 0 aromatic heterocycles. The molecule has 1 aliphatic heterocycles. The number of carbonyl (C=O) groups is 2. The highest BCUT2D eigenvalue weighted by molar-refractivity contribution is 8.00. The standard InChI is InChI=1S/C13H24N2O3S/c1-4-5-6-7-9(2)14-13(18)15-10(3)19-8-11(15)12(16)17/h9-11H,4-8H2,1-3H3,(H,14,18)(H,16,17). The summed E-state index contributed by atoms with van der Waals surface area (Å²) in [4.78, 5) is 24.7. The van der Waals surface area contributed by atoms with Crippen LogP contribution < -0.4 is 5.32 Å². The zero-order valence-electron chi connectivity index (χ0n) is 11.9. The number of hydrogen-bond donors (Lipinski definition) is 2. The number of nitrogens with zero attached hydrogens (tertiary/aromatic N) is 1. The number of carboxylic acid groups (broad SMARTS) is 1. The first-order valence-electron chi connectivity index (χ1n) is 6.90. The molecule has 1 fully saturated rings. The van der Waals surface area contributed by atoms with Crippen LogP contribution in [-0.2, 0) is 4.79 Å². The lowest BCUT2D eigenvalue weighted by atomic mass is 10.1. The van der Waals surface area contributed by atoms with E-state index in [4.69, 9.17) is 5.11 Å². The lowest BCUT2D eigenvalue weighted by Crippen LogP contribution is -2.51. The monoisotopic (exact) mass is 288 g/mol. The second-order valence-corrected chi connectivity index (χ2v) is 6.39. The number of amides is 2. The summed E-state index contributed by atoms with van der Waals surface area (Å²) in [5.74, 6) is -0.459. The highest BCUT2D eigenvalue weighted by Gasteiger charge is 2.39. The summed E-state index contributed by atoms with van der Waals surface area (Å²) in [6, 6.07) is -0.872. The topological polar surface area (TPSA) is 69.6 Å². The molecule has 1 rings (SSSR count). The quantitative estimate of drug-likeness (QED) is 0.737. The van der Waals surface area contributed by atoms with Crippen molar-refractivity contribution in [2.45, 2.75) is 63.9 Å². The van der Waals surface area contributed by atoms with Crippen molar-refractivity contribution in [1.82, 2.24) is 10.2 Å². The predicted molar refractivity (Wildman–Crippen MR) is 77.3 cm³/mol. The molecule has 0 aromatic carbocycles. The molecule has 1 aliphatic rings. The van der Waals surface area contributed by atoms with Crippen LogP contribution in [0.2, 0.25) is 0 Å². The maximum absolute atomic E-state index is 12.2. The first-order valence-corrected chi connectivity index (χ1v) is 7.95. The molecule has 1 saturated heterocycles. The fourth-order valence-corrected chi connectivity index (χ4v) is 3.37. The van der Waals surface area contributed by atoms with E-state index in [1.165, 1.54) is 16.7 Å². The van der Waals surface area contributed by atoms with Crippen molar-refractivity contribution in [1.29, 1.82) is 0 Å². The lowest BCUT2D eigenvalue weighted by Gasteiger charge is -2.27. The van der Waals surface area contributed by atoms with Crippen LogP contribution in [0.4, 0.5) is 4.79 Å². The zero-order chi connectivity index (χ0) is 14.4. The lowest BCUT2D eigenvalue weighted by molar-refractivity contribution is -0.141. The Morgan fingerprint density at radius 2 is 2.16 bits per heavy atom. The molecule has 2 amide bonds. The van der Waals surface area contributed by atoms with Gasteiger partial charge in [-0.25, -0.2) is 9.59 Å². The zero-order valence-corrected chi connectivity index (χ0v) is 12.7. The van der Waals surface area contributed by atoms with Crippen molar-refractivity contribution in [3.8, 4) is 0 Å². The van der Waals surface area contributed by atoms with E-state index in [0.717, 1.165) is 25.7 Å². The first kappa shape index (κ1) is 16.1. The molecule has 0 radical (unpaired) electrons. The molecule has 0 spiro atoms. The van der Waals surface area contributed by atoms with Gasteiger partial charge in [-0.05, 0) is 20.3 Å². The van der Waals surface area contributed by atoms with Gasteiger partial charge in [0.15, 0.2) is 0 Å². The summed E-state index contributed by atoms with van der Waals surface area (Å²) < 4.78 is 0. The molecule has 2 N–H and O–H groups in total. The first-order chi connectivity index (χ1) is 8.97. The molecular weight excluding hydrogens is 264 g/mol. The van der Waals surface area contributed by atoms with Crippen LogP contribution in [0.15, 0.2) is 0 Å². The van der Waals surface area contributed by atoms with Gasteiger partial charge in [-0.2, -0.15) is 0 Å². The highest BCUT2D eigenvalue weighted by Crippen LogP contribution is 2.28. The Morgan fingerprint density at radius 1 is 1.47 bits per heavy atom. The molecule has 0 aliphatic carbocycles. The summed E-state index contributed by atoms with van der Waals surface area (Å²) in [6.45, 7) is 5.98. The van der Waals surface area contributed by atoms with Gasteiger partial charge in [-0.3, -0.25) is 4.90 Å². The van der Waals surface area contributed by atoms with Gasteiger partial charge in [0, 0.05) is 11.8 Å². The Balaban J connectivity index is 2.49. The summed E-state index contributed by atoms with van der Waals surface area (Å²) in [6.07, 6.45) is 4.34. The molecular formula is C13H24N2O3S. The molecule has 6 heteroatoms. The fourth-order valence-electron chi connectivity index (χ4n) is 2.20. The maximum Gasteiger partial charge on any atom is 0.327 e. The van der Waals surface area contributed by atoms with Crippen molar-refractivity contribution in [3.63, 3.8) is 0 Å². The number of carboxylic acids is 1. The Labute approximate surface area is 119 Å². The van der Waals surface area contributed by atoms with E-state index < -0.39 is 12.0 Å². The normalized spacial score (nSPS) is 24.3. The third kappa shape index (κ3) is 4.60. The number of thioether (sulfide) groups is 1. The maximum atomic E-state index is 12.2. The minimum atomic E-state index is -0.925. The van der Waals surface area contributed by atoms with Gasteiger partial charge in [0.1, 0.15) is 6.04 Å². The summed E-state index contributed by atoms with van der Waals surface area (Å²) in [7, 11) is 0. The van der Waals surface area contributed by atoms with Gasteiger partial charge in [0.2, 0.25) is 0 Å². The third-order valence-corrected chi connectivity index (χ3v) is 4.57. The van der Waals surface area contributed by atoms with Crippen LogP contribution in [0, 0.1) is 0 Å². The van der Waals surface area contributed by atoms with E-state index in [0.29, 0.717) is 5.75 Å². The minimum absolute atomic E-state index is 0.0797. The molecule has 0 saturated carbocycles. The van der Waals surface area contributed by atoms with E-state index in [9.17, 15) is 9.59 Å². The number of aliphatic carboxylic acids is 1. The molecule has 3 unspecified atom stereocenters. The Morgan fingerprint density at radius 3 is 2.74 bits per heavy atom. The van der Waals surface area contributed by atoms with Gasteiger partial charge >= 0.3 is 12.0 Å². The summed E-state index contributed by atoms with van der Waals surface area (Å²) in [5, 5.41) is 11.9. The van der Waals surface area contributed by atoms with Crippen molar-refractivity contribution in [2.75, 3.05) is 5.75 Å². The average Bonchev–Trinajstić information content (AvgIpc) is 2.71. The van der Waals surface area contributed by atoms with Crippen molar-refractivity contribution < 1.29 is 14.7 Å². The molecule has 1 heterocycles. The summed E-state index contributed by atoms with van der Waals surface area (Å²) >= 11 is 1.50. The third-order valence-electron chi connectivity index (χ3n) is 3.35. The van der Waals surface area contributed by atoms with E-state index in [-0.39, 0.29) is 17.4 Å². The number of hydrogen-bond acceptors (Lipinski definition) is 3. The summed E-state index contributed by atoms with van der Waals surface area (Å²) in [5.41, 5.74) is 0. The Kier molecular flexibility index (Phi) is 6.48. The number of carbonyl (C=O) groups excluding carboxylic acids is 1. The second kappa shape index (κ2) is 7.62. The fraction of sp³-hybridized carbons (Fsp3) is 0.846. The molecule has 5 nitrogen and oxygen atoms in total. The molecule has 0 bridgehead atoms. The number of urea groups is 1. The minimum Gasteiger partial charge on any atom is -0.480 e. The van der Waals surface area contributed by atoms with Crippen molar-refractivity contribution >= 4 is 23.8 Å². The van der Waals surface area contributed by atoms with Crippen LogP contribution in [-0.4, -0.2) is 45.2 Å². The molecule has 0 aromatic rings. The van der Waals surface area contributed by atoms with E-state index >= 15 is 0 Å². The Hall–Kier alpha value is -0.910.